The SMILES string of the molecule is CCCC/C=C/C(O)C(COC1OC(CO)C(OC2OC(CO)C(O)C(O)C2O)C(O)C1O)NC(=O)CCCCCCCCCCCCCCCCCCCCCCCCCCCCCCCCC. The molecule has 0 radical (unpaired) electrons. The van der Waals surface area contributed by atoms with E-state index < -0.39 is 86.8 Å². The van der Waals surface area contributed by atoms with Gasteiger partial charge in [-0.15, -0.1) is 0 Å². The largest absolute Gasteiger partial charge is 0.394 e. The Morgan fingerprint density at radius 3 is 1.32 bits per heavy atom. The van der Waals surface area contributed by atoms with Crippen molar-refractivity contribution in [1.82, 2.24) is 5.32 Å². The lowest BCUT2D eigenvalue weighted by molar-refractivity contribution is -0.359. The summed E-state index contributed by atoms with van der Waals surface area (Å²) in [6.45, 7) is 2.64. The van der Waals surface area contributed by atoms with Gasteiger partial charge >= 0.3 is 0 Å². The van der Waals surface area contributed by atoms with Crippen molar-refractivity contribution >= 4 is 5.91 Å². The average molecular weight is 988 g/mol. The van der Waals surface area contributed by atoms with Gasteiger partial charge in [-0.05, 0) is 12.8 Å². The second-order valence-corrected chi connectivity index (χ2v) is 20.4. The fraction of sp³-hybridized carbons (Fsp3) is 0.945. The van der Waals surface area contributed by atoms with Gasteiger partial charge in [0, 0.05) is 6.42 Å². The summed E-state index contributed by atoms with van der Waals surface area (Å²) in [4.78, 5) is 13.1. The predicted octanol–water partition coefficient (Wildman–Crippen LogP) is 8.72. The molecule has 2 saturated heterocycles. The molecule has 0 aromatic heterocycles. The number of amides is 1. The molecule has 14 heteroatoms. The number of aliphatic hydroxyl groups excluding tert-OH is 8. The van der Waals surface area contributed by atoms with Gasteiger partial charge in [0.2, 0.25) is 5.91 Å². The molecule has 1 amide bonds. The van der Waals surface area contributed by atoms with Gasteiger partial charge in [0.1, 0.15) is 48.8 Å². The van der Waals surface area contributed by atoms with Crippen molar-refractivity contribution in [1.29, 1.82) is 0 Å². The molecular weight excluding hydrogens is 883 g/mol. The van der Waals surface area contributed by atoms with Gasteiger partial charge in [-0.3, -0.25) is 4.79 Å². The van der Waals surface area contributed by atoms with Crippen LogP contribution in [-0.2, 0) is 23.7 Å². The van der Waals surface area contributed by atoms with Gasteiger partial charge in [0.05, 0.1) is 32.0 Å². The van der Waals surface area contributed by atoms with Crippen LogP contribution in [-0.4, -0.2) is 140 Å². The predicted molar refractivity (Wildman–Crippen MR) is 272 cm³/mol. The van der Waals surface area contributed by atoms with E-state index in [2.05, 4.69) is 19.2 Å². The van der Waals surface area contributed by atoms with Crippen molar-refractivity contribution in [2.24, 2.45) is 0 Å². The standard InChI is InChI=1S/C55H105NO13/c1-3-5-7-9-10-11-12-13-14-15-16-17-18-19-20-21-22-23-24-25-26-27-28-29-30-31-32-33-34-35-37-39-47(60)56-43(44(59)38-36-8-6-4-2)42-66-54-52(65)50(63)53(46(41-58)68-54)69-55-51(64)49(62)48(61)45(40-57)67-55/h36,38,43-46,48-55,57-59,61-65H,3-35,37,39-42H2,1-2H3,(H,56,60)/b38-36+. The summed E-state index contributed by atoms with van der Waals surface area (Å²) in [6, 6.07) is -0.905. The lowest BCUT2D eigenvalue weighted by atomic mass is 9.97. The Kier molecular flexibility index (Phi) is 39.0. The normalized spacial score (nSPS) is 26.2. The zero-order chi connectivity index (χ0) is 50.3. The maximum Gasteiger partial charge on any atom is 0.220 e. The van der Waals surface area contributed by atoms with Crippen molar-refractivity contribution in [3.8, 4) is 0 Å². The third kappa shape index (κ3) is 28.7. The molecule has 2 rings (SSSR count). The van der Waals surface area contributed by atoms with Crippen LogP contribution in [0.15, 0.2) is 12.2 Å². The second-order valence-electron chi connectivity index (χ2n) is 20.4. The van der Waals surface area contributed by atoms with E-state index in [0.717, 1.165) is 38.5 Å². The maximum atomic E-state index is 13.1. The molecule has 0 aliphatic carbocycles. The molecule has 0 aromatic rings. The topological polar surface area (TPSA) is 228 Å². The summed E-state index contributed by atoms with van der Waals surface area (Å²) in [7, 11) is 0. The van der Waals surface area contributed by atoms with Crippen LogP contribution < -0.4 is 5.32 Å². The van der Waals surface area contributed by atoms with Crippen LogP contribution in [0.2, 0.25) is 0 Å². The second kappa shape index (κ2) is 42.1. The highest BCUT2D eigenvalue weighted by Crippen LogP contribution is 2.30. The van der Waals surface area contributed by atoms with Crippen LogP contribution in [0.3, 0.4) is 0 Å². The van der Waals surface area contributed by atoms with Gasteiger partial charge < -0.3 is 65.1 Å². The number of unbranched alkanes of at least 4 members (excludes halogenated alkanes) is 32. The number of allylic oxidation sites excluding steroid dienone is 1. The van der Waals surface area contributed by atoms with Crippen molar-refractivity contribution in [2.75, 3.05) is 19.8 Å². The quantitative estimate of drug-likeness (QED) is 0.0206. The Morgan fingerprint density at radius 1 is 0.507 bits per heavy atom. The molecule has 14 nitrogen and oxygen atoms in total. The molecule has 0 spiro atoms. The molecule has 0 saturated carbocycles. The summed E-state index contributed by atoms with van der Waals surface area (Å²) in [6.07, 6.45) is 31.0. The molecule has 0 aromatic carbocycles. The molecule has 12 atom stereocenters. The monoisotopic (exact) mass is 988 g/mol. The highest BCUT2D eigenvalue weighted by atomic mass is 16.7. The van der Waals surface area contributed by atoms with Crippen LogP contribution in [0, 0.1) is 0 Å². The van der Waals surface area contributed by atoms with Crippen LogP contribution in [0.25, 0.3) is 0 Å². The Balaban J connectivity index is 1.52. The van der Waals surface area contributed by atoms with Crippen molar-refractivity contribution in [3.63, 3.8) is 0 Å². The molecule has 12 unspecified atom stereocenters. The fourth-order valence-electron chi connectivity index (χ4n) is 9.57. The summed E-state index contributed by atoms with van der Waals surface area (Å²) < 4.78 is 22.5. The highest BCUT2D eigenvalue weighted by Gasteiger charge is 2.51. The van der Waals surface area contributed by atoms with Crippen LogP contribution in [0.4, 0.5) is 0 Å². The molecule has 9 N–H and O–H groups in total. The zero-order valence-electron chi connectivity index (χ0n) is 43.6. The van der Waals surface area contributed by atoms with Crippen molar-refractivity contribution in [2.45, 2.75) is 312 Å². The number of nitrogens with one attached hydrogen (secondary N) is 1. The minimum atomic E-state index is -1.78. The number of carbonyl (C=O) groups excluding carboxylic acids is 1. The lowest BCUT2D eigenvalue weighted by Crippen LogP contribution is -2.65. The van der Waals surface area contributed by atoms with Gasteiger partial charge in [0.25, 0.3) is 0 Å². The molecule has 2 heterocycles. The number of aliphatic hydroxyl groups is 8. The first-order valence-corrected chi connectivity index (χ1v) is 28.4. The molecule has 2 aliphatic rings. The van der Waals surface area contributed by atoms with Gasteiger partial charge in [-0.25, -0.2) is 0 Å². The Morgan fingerprint density at radius 2 is 0.899 bits per heavy atom. The molecule has 2 fully saturated rings. The van der Waals surface area contributed by atoms with E-state index in [1.165, 1.54) is 173 Å². The highest BCUT2D eigenvalue weighted by molar-refractivity contribution is 5.76. The Hall–Kier alpha value is -1.27. The number of carbonyl (C=O) groups is 1. The van der Waals surface area contributed by atoms with E-state index in [1.807, 2.05) is 6.08 Å². The van der Waals surface area contributed by atoms with E-state index in [4.69, 9.17) is 18.9 Å². The van der Waals surface area contributed by atoms with E-state index in [1.54, 1.807) is 6.08 Å². The summed E-state index contributed by atoms with van der Waals surface area (Å²) in [5, 5.41) is 86.1. The smallest absolute Gasteiger partial charge is 0.220 e. The number of hydrogen-bond acceptors (Lipinski definition) is 13. The number of hydrogen-bond donors (Lipinski definition) is 9. The minimum absolute atomic E-state index is 0.244. The molecular formula is C55H105NO13. The summed E-state index contributed by atoms with van der Waals surface area (Å²) in [5.74, 6) is -0.244. The molecule has 408 valence electrons. The lowest BCUT2D eigenvalue weighted by Gasteiger charge is -2.46. The van der Waals surface area contributed by atoms with E-state index in [0.29, 0.717) is 6.42 Å². The first-order valence-electron chi connectivity index (χ1n) is 28.4. The first-order chi connectivity index (χ1) is 33.6. The molecule has 2 aliphatic heterocycles. The Bertz CT molecular complexity index is 1210. The average Bonchev–Trinajstić information content (AvgIpc) is 3.35. The zero-order valence-corrected chi connectivity index (χ0v) is 43.6. The van der Waals surface area contributed by atoms with Gasteiger partial charge in [0.15, 0.2) is 12.6 Å². The van der Waals surface area contributed by atoms with Crippen molar-refractivity contribution < 1.29 is 64.6 Å². The Labute approximate surface area is 418 Å². The maximum absolute atomic E-state index is 13.1. The number of rotatable bonds is 45. The van der Waals surface area contributed by atoms with E-state index in [9.17, 15) is 45.6 Å². The summed E-state index contributed by atoms with van der Waals surface area (Å²) in [5.41, 5.74) is 0. The van der Waals surface area contributed by atoms with E-state index >= 15 is 0 Å². The first kappa shape index (κ1) is 63.8. The summed E-state index contributed by atoms with van der Waals surface area (Å²) >= 11 is 0. The van der Waals surface area contributed by atoms with E-state index in [-0.39, 0.29) is 18.9 Å². The number of ether oxygens (including phenoxy) is 4. The third-order valence-electron chi connectivity index (χ3n) is 14.2. The van der Waals surface area contributed by atoms with Crippen LogP contribution in [0.5, 0.6) is 0 Å². The van der Waals surface area contributed by atoms with Crippen LogP contribution >= 0.6 is 0 Å². The molecule has 69 heavy (non-hydrogen) atoms. The van der Waals surface area contributed by atoms with Crippen LogP contribution in [0.1, 0.15) is 239 Å². The van der Waals surface area contributed by atoms with Gasteiger partial charge in [-0.1, -0.05) is 231 Å². The molecule has 0 bridgehead atoms. The minimum Gasteiger partial charge on any atom is -0.394 e. The van der Waals surface area contributed by atoms with Gasteiger partial charge in [-0.2, -0.15) is 0 Å². The van der Waals surface area contributed by atoms with Crippen molar-refractivity contribution in [3.05, 3.63) is 12.2 Å². The fourth-order valence-corrected chi connectivity index (χ4v) is 9.57. The third-order valence-corrected chi connectivity index (χ3v) is 14.2.